The van der Waals surface area contributed by atoms with Crippen LogP contribution in [0.25, 0.3) is 21.7 Å². The fourth-order valence-corrected chi connectivity index (χ4v) is 5.22. The van der Waals surface area contributed by atoms with Gasteiger partial charge in [0.25, 0.3) is 0 Å². The van der Waals surface area contributed by atoms with E-state index in [0.717, 1.165) is 42.8 Å². The van der Waals surface area contributed by atoms with Crippen molar-refractivity contribution in [2.24, 2.45) is 0 Å². The van der Waals surface area contributed by atoms with Crippen LogP contribution in [0.15, 0.2) is 102 Å². The second-order valence-corrected chi connectivity index (χ2v) is 9.56. The number of ether oxygens (including phenoxy) is 2. The molecule has 5 aromatic rings. The number of carbonyl (C=O) groups is 1. The Bertz CT molecular complexity index is 1530. The predicted molar refractivity (Wildman–Crippen MR) is 148 cm³/mol. The van der Waals surface area contributed by atoms with Gasteiger partial charge in [0.05, 0.1) is 25.2 Å². The summed E-state index contributed by atoms with van der Waals surface area (Å²) >= 11 is 3.57. The number of benzene rings is 4. The summed E-state index contributed by atoms with van der Waals surface area (Å²) in [5.74, 6) is -0.763. The molecule has 0 fully saturated rings. The quantitative estimate of drug-likeness (QED) is 0.199. The van der Waals surface area contributed by atoms with E-state index < -0.39 is 5.92 Å². The lowest BCUT2D eigenvalue weighted by Gasteiger charge is -2.28. The molecule has 36 heavy (non-hydrogen) atoms. The Morgan fingerprint density at radius 1 is 0.833 bits per heavy atom. The van der Waals surface area contributed by atoms with Crippen LogP contribution in [0.2, 0.25) is 0 Å². The van der Waals surface area contributed by atoms with Crippen molar-refractivity contribution >= 4 is 43.6 Å². The fourth-order valence-electron chi connectivity index (χ4n) is 4.84. The minimum Gasteiger partial charge on any atom is -0.481 e. The van der Waals surface area contributed by atoms with Crippen molar-refractivity contribution in [3.05, 3.63) is 118 Å². The van der Waals surface area contributed by atoms with Crippen LogP contribution >= 0.6 is 15.9 Å². The van der Waals surface area contributed by atoms with E-state index in [1.807, 2.05) is 73.7 Å². The third kappa shape index (κ3) is 4.71. The lowest BCUT2D eigenvalue weighted by atomic mass is 9.76. The predicted octanol–water partition coefficient (Wildman–Crippen LogP) is 7.64. The maximum absolute atomic E-state index is 13.7. The number of pyridine rings is 1. The molecule has 0 aliphatic rings. The number of carbonyl (C=O) groups excluding carboxylic acids is 1. The van der Waals surface area contributed by atoms with Crippen molar-refractivity contribution in [3.8, 4) is 5.88 Å². The van der Waals surface area contributed by atoms with E-state index in [4.69, 9.17) is 14.5 Å². The number of rotatable bonds is 7. The molecular formula is C31H26BrNO3. The average Bonchev–Trinajstić information content (AvgIpc) is 2.91. The highest BCUT2D eigenvalue weighted by atomic mass is 79.9. The van der Waals surface area contributed by atoms with Gasteiger partial charge >= 0.3 is 5.97 Å². The number of hydrogen-bond acceptors (Lipinski definition) is 4. The highest BCUT2D eigenvalue weighted by Crippen LogP contribution is 2.44. The summed E-state index contributed by atoms with van der Waals surface area (Å²) in [6, 6.07) is 32.4. The lowest BCUT2D eigenvalue weighted by molar-refractivity contribution is -0.145. The molecule has 0 N–H and O–H groups in total. The van der Waals surface area contributed by atoms with Gasteiger partial charge in [-0.3, -0.25) is 4.79 Å². The first-order valence-corrected chi connectivity index (χ1v) is 12.7. The zero-order chi connectivity index (χ0) is 25.1. The zero-order valence-electron chi connectivity index (χ0n) is 20.1. The van der Waals surface area contributed by atoms with Crippen molar-refractivity contribution in [2.45, 2.75) is 18.8 Å². The first-order chi connectivity index (χ1) is 17.6. The Hall–Kier alpha value is -3.70. The minimum atomic E-state index is -0.600. The molecule has 0 spiro atoms. The van der Waals surface area contributed by atoms with Crippen LogP contribution in [-0.4, -0.2) is 24.7 Å². The highest BCUT2D eigenvalue weighted by molar-refractivity contribution is 9.10. The van der Waals surface area contributed by atoms with Crippen molar-refractivity contribution in [1.82, 2.24) is 4.98 Å². The van der Waals surface area contributed by atoms with Gasteiger partial charge in [-0.05, 0) is 53.1 Å². The Labute approximate surface area is 219 Å². The third-order valence-electron chi connectivity index (χ3n) is 6.46. The SMILES string of the molecule is CCOC(=O)C(c1ccc2ccccc2c1)C(c1ccccc1)c1cc2cc(Br)ccc2nc1OC. The molecule has 0 aliphatic carbocycles. The first kappa shape index (κ1) is 24.0. The van der Waals surface area contributed by atoms with Crippen molar-refractivity contribution in [2.75, 3.05) is 13.7 Å². The molecule has 0 saturated carbocycles. The first-order valence-electron chi connectivity index (χ1n) is 11.9. The fraction of sp³-hybridized carbons (Fsp3) is 0.161. The molecule has 0 amide bonds. The van der Waals surface area contributed by atoms with Crippen LogP contribution in [0, 0.1) is 0 Å². The molecule has 2 atom stereocenters. The molecule has 1 heterocycles. The number of nitrogens with zero attached hydrogens (tertiary/aromatic N) is 1. The van der Waals surface area contributed by atoms with E-state index in [9.17, 15) is 4.79 Å². The van der Waals surface area contributed by atoms with E-state index in [1.165, 1.54) is 0 Å². The highest BCUT2D eigenvalue weighted by Gasteiger charge is 2.36. The molecule has 0 aliphatic heterocycles. The van der Waals surface area contributed by atoms with E-state index in [-0.39, 0.29) is 11.9 Å². The maximum atomic E-state index is 13.7. The summed E-state index contributed by atoms with van der Waals surface area (Å²) in [7, 11) is 1.62. The maximum Gasteiger partial charge on any atom is 0.314 e. The topological polar surface area (TPSA) is 48.4 Å². The Kier molecular flexibility index (Phi) is 7.01. The van der Waals surface area contributed by atoms with Crippen molar-refractivity contribution in [1.29, 1.82) is 0 Å². The van der Waals surface area contributed by atoms with Gasteiger partial charge in [0.1, 0.15) is 0 Å². The van der Waals surface area contributed by atoms with Crippen LogP contribution in [0.3, 0.4) is 0 Å². The second kappa shape index (κ2) is 10.5. The number of aromatic nitrogens is 1. The molecule has 4 nitrogen and oxygen atoms in total. The summed E-state index contributed by atoms with van der Waals surface area (Å²) in [5, 5.41) is 3.15. The Morgan fingerprint density at radius 2 is 1.58 bits per heavy atom. The third-order valence-corrected chi connectivity index (χ3v) is 6.96. The molecule has 0 saturated heterocycles. The van der Waals surface area contributed by atoms with E-state index in [2.05, 4.69) is 46.3 Å². The van der Waals surface area contributed by atoms with E-state index in [0.29, 0.717) is 12.5 Å². The van der Waals surface area contributed by atoms with Crippen LogP contribution in [-0.2, 0) is 9.53 Å². The lowest BCUT2D eigenvalue weighted by Crippen LogP contribution is -2.24. The van der Waals surface area contributed by atoms with Gasteiger partial charge in [0.15, 0.2) is 0 Å². The number of methoxy groups -OCH3 is 1. The standard InChI is InChI=1S/C31H26BrNO3/c1-3-36-31(34)29(23-14-13-20-9-7-8-12-22(20)17-23)28(21-10-5-4-6-11-21)26-19-24-18-25(32)15-16-27(24)33-30(26)35-2/h4-19,28-29H,3H2,1-2H3. The summed E-state index contributed by atoms with van der Waals surface area (Å²) in [6.45, 7) is 2.13. The molecular weight excluding hydrogens is 514 g/mol. The van der Waals surface area contributed by atoms with Gasteiger partial charge in [0.2, 0.25) is 5.88 Å². The second-order valence-electron chi connectivity index (χ2n) is 8.65. The number of halogens is 1. The average molecular weight is 540 g/mol. The van der Waals surface area contributed by atoms with E-state index in [1.54, 1.807) is 7.11 Å². The van der Waals surface area contributed by atoms with Crippen molar-refractivity contribution in [3.63, 3.8) is 0 Å². The molecule has 180 valence electrons. The van der Waals surface area contributed by atoms with Gasteiger partial charge in [-0.2, -0.15) is 0 Å². The summed E-state index contributed by atoms with van der Waals surface area (Å²) in [6.07, 6.45) is 0. The van der Waals surface area contributed by atoms with Gasteiger partial charge in [-0.1, -0.05) is 88.7 Å². The zero-order valence-corrected chi connectivity index (χ0v) is 21.7. The van der Waals surface area contributed by atoms with Gasteiger partial charge in [0, 0.05) is 21.3 Å². The molecule has 4 aromatic carbocycles. The van der Waals surface area contributed by atoms with Gasteiger partial charge < -0.3 is 9.47 Å². The van der Waals surface area contributed by atoms with Gasteiger partial charge in [-0.25, -0.2) is 4.98 Å². The smallest absolute Gasteiger partial charge is 0.314 e. The van der Waals surface area contributed by atoms with Crippen LogP contribution in [0.1, 0.15) is 35.4 Å². The van der Waals surface area contributed by atoms with Crippen LogP contribution < -0.4 is 4.74 Å². The Balaban J connectivity index is 1.78. The molecule has 5 heteroatoms. The number of hydrogen-bond donors (Lipinski definition) is 0. The van der Waals surface area contributed by atoms with Crippen molar-refractivity contribution < 1.29 is 14.3 Å². The monoisotopic (exact) mass is 539 g/mol. The van der Waals surface area contributed by atoms with Crippen LogP contribution in [0.4, 0.5) is 0 Å². The van der Waals surface area contributed by atoms with Gasteiger partial charge in [-0.15, -0.1) is 0 Å². The summed E-state index contributed by atoms with van der Waals surface area (Å²) in [5.41, 5.74) is 3.53. The largest absolute Gasteiger partial charge is 0.481 e. The minimum absolute atomic E-state index is 0.280. The Morgan fingerprint density at radius 3 is 2.33 bits per heavy atom. The number of esters is 1. The van der Waals surface area contributed by atoms with Crippen LogP contribution in [0.5, 0.6) is 5.88 Å². The normalized spacial score (nSPS) is 12.9. The molecule has 2 unspecified atom stereocenters. The summed E-state index contributed by atoms with van der Waals surface area (Å²) in [4.78, 5) is 18.5. The molecule has 0 bridgehead atoms. The number of fused-ring (bicyclic) bond motifs is 2. The molecule has 1 aromatic heterocycles. The summed E-state index contributed by atoms with van der Waals surface area (Å²) < 4.78 is 12.4. The van der Waals surface area contributed by atoms with E-state index >= 15 is 0 Å². The molecule has 0 radical (unpaired) electrons. The molecule has 5 rings (SSSR count).